The van der Waals surface area contributed by atoms with Gasteiger partial charge in [-0.3, -0.25) is 4.90 Å². The van der Waals surface area contributed by atoms with E-state index < -0.39 is 0 Å². The molecule has 4 rings (SSSR count). The highest BCUT2D eigenvalue weighted by Gasteiger charge is 2.21. The SMILES string of the molecule is Cl.c1ccc(CC2CCN(Cc3ncc(-c4ccccc4)o3)CC2)cc1. The number of oxazole rings is 1. The molecule has 3 nitrogen and oxygen atoms in total. The number of likely N-dealkylation sites (tertiary alicyclic amines) is 1. The second-order valence-electron chi connectivity index (χ2n) is 6.89. The van der Waals surface area contributed by atoms with Crippen molar-refractivity contribution < 1.29 is 4.42 Å². The molecule has 1 fully saturated rings. The predicted molar refractivity (Wildman–Crippen MR) is 107 cm³/mol. The molecule has 2 aromatic carbocycles. The third kappa shape index (κ3) is 4.75. The van der Waals surface area contributed by atoms with Crippen molar-refractivity contribution in [2.45, 2.75) is 25.8 Å². The van der Waals surface area contributed by atoms with E-state index in [0.29, 0.717) is 0 Å². The zero-order chi connectivity index (χ0) is 16.9. The average molecular weight is 369 g/mol. The maximum Gasteiger partial charge on any atom is 0.209 e. The Morgan fingerprint density at radius 3 is 2.27 bits per heavy atom. The largest absolute Gasteiger partial charge is 0.439 e. The Kier molecular flexibility index (Phi) is 6.48. The minimum Gasteiger partial charge on any atom is -0.439 e. The van der Waals surface area contributed by atoms with Gasteiger partial charge in [0.25, 0.3) is 0 Å². The molecule has 2 heterocycles. The van der Waals surface area contributed by atoms with Gasteiger partial charge >= 0.3 is 0 Å². The Morgan fingerprint density at radius 2 is 1.58 bits per heavy atom. The van der Waals surface area contributed by atoms with Crippen LogP contribution in [0.1, 0.15) is 24.3 Å². The van der Waals surface area contributed by atoms with E-state index in [1.807, 2.05) is 24.4 Å². The highest BCUT2D eigenvalue weighted by atomic mass is 35.5. The molecular weight excluding hydrogens is 344 g/mol. The molecule has 0 amide bonds. The fourth-order valence-corrected chi connectivity index (χ4v) is 3.61. The van der Waals surface area contributed by atoms with E-state index in [1.54, 1.807) is 0 Å². The number of piperidine rings is 1. The van der Waals surface area contributed by atoms with Crippen LogP contribution in [-0.4, -0.2) is 23.0 Å². The number of aromatic nitrogens is 1. The number of benzene rings is 2. The quantitative estimate of drug-likeness (QED) is 0.618. The fourth-order valence-electron chi connectivity index (χ4n) is 3.61. The first kappa shape index (κ1) is 18.7. The molecule has 0 bridgehead atoms. The highest BCUT2D eigenvalue weighted by molar-refractivity contribution is 5.85. The Morgan fingerprint density at radius 1 is 0.923 bits per heavy atom. The molecule has 0 radical (unpaired) electrons. The van der Waals surface area contributed by atoms with Gasteiger partial charge in [-0.15, -0.1) is 12.4 Å². The lowest BCUT2D eigenvalue weighted by atomic mass is 9.90. The molecule has 1 aliphatic rings. The van der Waals surface area contributed by atoms with Crippen LogP contribution in [0.2, 0.25) is 0 Å². The lowest BCUT2D eigenvalue weighted by Crippen LogP contribution is -2.33. The third-order valence-corrected chi connectivity index (χ3v) is 5.05. The van der Waals surface area contributed by atoms with Crippen molar-refractivity contribution in [1.29, 1.82) is 0 Å². The van der Waals surface area contributed by atoms with E-state index in [1.165, 1.54) is 24.8 Å². The van der Waals surface area contributed by atoms with E-state index in [2.05, 4.69) is 52.3 Å². The summed E-state index contributed by atoms with van der Waals surface area (Å²) in [5, 5.41) is 0. The van der Waals surface area contributed by atoms with Crippen LogP contribution >= 0.6 is 12.4 Å². The number of halogens is 1. The van der Waals surface area contributed by atoms with Gasteiger partial charge in [-0.05, 0) is 43.8 Å². The summed E-state index contributed by atoms with van der Waals surface area (Å²) in [6.45, 7) is 3.06. The third-order valence-electron chi connectivity index (χ3n) is 5.05. The van der Waals surface area contributed by atoms with Crippen LogP contribution in [0.3, 0.4) is 0 Å². The topological polar surface area (TPSA) is 29.3 Å². The van der Waals surface area contributed by atoms with Crippen LogP contribution in [0.4, 0.5) is 0 Å². The zero-order valence-corrected chi connectivity index (χ0v) is 15.7. The van der Waals surface area contributed by atoms with Gasteiger partial charge in [0.2, 0.25) is 5.89 Å². The number of hydrogen-bond donors (Lipinski definition) is 0. The zero-order valence-electron chi connectivity index (χ0n) is 14.9. The summed E-state index contributed by atoms with van der Waals surface area (Å²) in [6.07, 6.45) is 5.54. The van der Waals surface area contributed by atoms with Gasteiger partial charge in [0.05, 0.1) is 12.7 Å². The minimum absolute atomic E-state index is 0. The lowest BCUT2D eigenvalue weighted by Gasteiger charge is -2.31. The van der Waals surface area contributed by atoms with E-state index in [4.69, 9.17) is 4.42 Å². The Hall–Kier alpha value is -2.10. The molecule has 1 aromatic heterocycles. The van der Waals surface area contributed by atoms with Crippen molar-refractivity contribution in [2.24, 2.45) is 5.92 Å². The standard InChI is InChI=1S/C22H24N2O.ClH/c1-3-7-18(8-4-1)15-19-11-13-24(14-12-19)17-22-23-16-21(25-22)20-9-5-2-6-10-20;/h1-10,16,19H,11-15,17H2;1H. The average Bonchev–Trinajstić information content (AvgIpc) is 3.14. The first-order chi connectivity index (χ1) is 12.4. The van der Waals surface area contributed by atoms with Gasteiger partial charge in [0, 0.05) is 5.56 Å². The molecule has 0 unspecified atom stereocenters. The Labute approximate surface area is 161 Å². The van der Waals surface area contributed by atoms with Crippen LogP contribution in [0, 0.1) is 5.92 Å². The lowest BCUT2D eigenvalue weighted by molar-refractivity contribution is 0.164. The summed E-state index contributed by atoms with van der Waals surface area (Å²) >= 11 is 0. The van der Waals surface area contributed by atoms with Gasteiger partial charge in [-0.1, -0.05) is 60.7 Å². The van der Waals surface area contributed by atoms with Gasteiger partial charge in [-0.25, -0.2) is 4.98 Å². The molecule has 1 saturated heterocycles. The molecule has 0 atom stereocenters. The first-order valence-electron chi connectivity index (χ1n) is 9.13. The van der Waals surface area contributed by atoms with Crippen molar-refractivity contribution in [3.05, 3.63) is 78.3 Å². The van der Waals surface area contributed by atoms with Crippen molar-refractivity contribution in [1.82, 2.24) is 9.88 Å². The van der Waals surface area contributed by atoms with Crippen molar-refractivity contribution >= 4 is 12.4 Å². The van der Waals surface area contributed by atoms with E-state index in [-0.39, 0.29) is 12.4 Å². The maximum absolute atomic E-state index is 5.94. The van der Waals surface area contributed by atoms with Crippen molar-refractivity contribution in [3.8, 4) is 11.3 Å². The summed E-state index contributed by atoms with van der Waals surface area (Å²) in [7, 11) is 0. The number of nitrogens with zero attached hydrogens (tertiary/aromatic N) is 2. The van der Waals surface area contributed by atoms with Crippen molar-refractivity contribution in [2.75, 3.05) is 13.1 Å². The molecular formula is C22H25ClN2O. The van der Waals surface area contributed by atoms with Crippen LogP contribution in [-0.2, 0) is 13.0 Å². The first-order valence-corrected chi connectivity index (χ1v) is 9.13. The van der Waals surface area contributed by atoms with Crippen molar-refractivity contribution in [3.63, 3.8) is 0 Å². The van der Waals surface area contributed by atoms with E-state index in [9.17, 15) is 0 Å². The minimum atomic E-state index is 0. The van der Waals surface area contributed by atoms with Gasteiger partial charge in [0.15, 0.2) is 5.76 Å². The van der Waals surface area contributed by atoms with Gasteiger partial charge in [0.1, 0.15) is 0 Å². The molecule has 0 saturated carbocycles. The molecule has 4 heteroatoms. The number of rotatable bonds is 5. The molecule has 0 spiro atoms. The van der Waals surface area contributed by atoms with Gasteiger partial charge in [-0.2, -0.15) is 0 Å². The van der Waals surface area contributed by atoms with Crippen LogP contribution in [0.15, 0.2) is 71.3 Å². The van der Waals surface area contributed by atoms with Crippen LogP contribution in [0.25, 0.3) is 11.3 Å². The predicted octanol–water partition coefficient (Wildman–Crippen LogP) is 5.22. The number of hydrogen-bond acceptors (Lipinski definition) is 3. The normalized spacial score (nSPS) is 15.5. The Bertz CT molecular complexity index is 780. The molecule has 0 aliphatic carbocycles. The van der Waals surface area contributed by atoms with Crippen LogP contribution in [0.5, 0.6) is 0 Å². The van der Waals surface area contributed by atoms with E-state index >= 15 is 0 Å². The van der Waals surface area contributed by atoms with E-state index in [0.717, 1.165) is 42.8 Å². The van der Waals surface area contributed by atoms with Gasteiger partial charge < -0.3 is 4.42 Å². The molecule has 3 aromatic rings. The summed E-state index contributed by atoms with van der Waals surface area (Å²) in [4.78, 5) is 6.93. The summed E-state index contributed by atoms with van der Waals surface area (Å²) < 4.78 is 5.94. The maximum atomic E-state index is 5.94. The van der Waals surface area contributed by atoms with Crippen LogP contribution < -0.4 is 0 Å². The second kappa shape index (κ2) is 9.02. The second-order valence-corrected chi connectivity index (χ2v) is 6.89. The molecule has 26 heavy (non-hydrogen) atoms. The Balaban J connectivity index is 0.00000196. The smallest absolute Gasteiger partial charge is 0.209 e. The highest BCUT2D eigenvalue weighted by Crippen LogP contribution is 2.24. The molecule has 0 N–H and O–H groups in total. The summed E-state index contributed by atoms with van der Waals surface area (Å²) in [6, 6.07) is 21.0. The summed E-state index contributed by atoms with van der Waals surface area (Å²) in [5.41, 5.74) is 2.55. The fraction of sp³-hybridized carbons (Fsp3) is 0.318. The monoisotopic (exact) mass is 368 g/mol. The molecule has 136 valence electrons. The summed E-state index contributed by atoms with van der Waals surface area (Å²) in [5.74, 6) is 2.47. The molecule has 1 aliphatic heterocycles.